The molecule has 0 aromatic heterocycles. The first-order valence-electron chi connectivity index (χ1n) is 4.66. The van der Waals surface area contributed by atoms with Gasteiger partial charge in [0, 0.05) is 24.3 Å². The summed E-state index contributed by atoms with van der Waals surface area (Å²) in [4.78, 5) is 30.6. The van der Waals surface area contributed by atoms with Gasteiger partial charge in [0.1, 0.15) is 5.82 Å². The molecule has 0 aliphatic rings. The van der Waals surface area contributed by atoms with E-state index in [9.17, 15) is 28.5 Å². The number of carbonyl (C=O) groups excluding carboxylic acids is 1. The Hall–Kier alpha value is -2.84. The van der Waals surface area contributed by atoms with E-state index < -0.39 is 39.8 Å². The lowest BCUT2D eigenvalue weighted by atomic mass is 10.2. The molecule has 2 N–H and O–H groups in total. The predicted octanol–water partition coefficient (Wildman–Crippen LogP) is 1.45. The minimum absolute atomic E-state index is 0.245. The third-order valence-corrected chi connectivity index (χ3v) is 1.87. The van der Waals surface area contributed by atoms with Crippen LogP contribution in [-0.2, 0) is 9.59 Å². The lowest BCUT2D eigenvalue weighted by Crippen LogP contribution is -2.11. The largest absolute Gasteiger partial charge is 0.478 e. The number of nitrogens with zero attached hydrogens (tertiary/aromatic N) is 1. The van der Waals surface area contributed by atoms with Gasteiger partial charge in [-0.3, -0.25) is 14.9 Å². The number of nitrogens with one attached hydrogen (secondary N) is 1. The number of benzene rings is 1. The van der Waals surface area contributed by atoms with Crippen LogP contribution in [0.3, 0.4) is 0 Å². The molecule has 0 saturated carbocycles. The van der Waals surface area contributed by atoms with Crippen LogP contribution in [0.25, 0.3) is 0 Å². The highest BCUT2D eigenvalue weighted by Gasteiger charge is 2.19. The molecule has 0 fully saturated rings. The second-order valence-corrected chi connectivity index (χ2v) is 3.20. The number of carboxylic acid groups (broad SMARTS) is 1. The van der Waals surface area contributed by atoms with Gasteiger partial charge >= 0.3 is 11.7 Å². The highest BCUT2D eigenvalue weighted by atomic mass is 19.1. The monoisotopic (exact) mass is 272 g/mol. The van der Waals surface area contributed by atoms with Gasteiger partial charge in [-0.15, -0.1) is 0 Å². The fraction of sp³-hybridized carbons (Fsp3) is 0. The number of carboxylic acids is 1. The summed E-state index contributed by atoms with van der Waals surface area (Å²) in [6.45, 7) is 0. The predicted molar refractivity (Wildman–Crippen MR) is 58.4 cm³/mol. The molecule has 0 unspecified atom stereocenters. The number of amides is 1. The molecule has 0 heterocycles. The van der Waals surface area contributed by atoms with E-state index in [4.69, 9.17) is 5.11 Å². The molecule has 0 bridgehead atoms. The smallest absolute Gasteiger partial charge is 0.328 e. The molecule has 0 aliphatic carbocycles. The van der Waals surface area contributed by atoms with Gasteiger partial charge in [-0.2, -0.15) is 4.39 Å². The van der Waals surface area contributed by atoms with Gasteiger partial charge in [-0.25, -0.2) is 9.18 Å². The Morgan fingerprint density at radius 3 is 2.42 bits per heavy atom. The summed E-state index contributed by atoms with van der Waals surface area (Å²) < 4.78 is 26.2. The number of hydrogen-bond acceptors (Lipinski definition) is 4. The highest BCUT2D eigenvalue weighted by molar-refractivity contribution is 6.02. The number of nitro benzene ring substituents is 1. The van der Waals surface area contributed by atoms with E-state index in [1.165, 1.54) is 0 Å². The summed E-state index contributed by atoms with van der Waals surface area (Å²) in [5.41, 5.74) is -1.65. The molecule has 0 saturated heterocycles. The average molecular weight is 272 g/mol. The fourth-order valence-corrected chi connectivity index (χ4v) is 1.09. The normalized spacial score (nSPS) is 10.4. The van der Waals surface area contributed by atoms with Gasteiger partial charge in [-0.05, 0) is 0 Å². The third-order valence-electron chi connectivity index (χ3n) is 1.87. The van der Waals surface area contributed by atoms with Gasteiger partial charge in [0.05, 0.1) is 10.6 Å². The Kier molecular flexibility index (Phi) is 4.24. The number of anilines is 1. The number of rotatable bonds is 4. The van der Waals surface area contributed by atoms with Crippen molar-refractivity contribution in [2.24, 2.45) is 0 Å². The Morgan fingerprint density at radius 1 is 1.26 bits per heavy atom. The van der Waals surface area contributed by atoms with Gasteiger partial charge in [0.15, 0.2) is 0 Å². The summed E-state index contributed by atoms with van der Waals surface area (Å²) in [6.07, 6.45) is 1.07. The van der Waals surface area contributed by atoms with Crippen molar-refractivity contribution in [3.05, 3.63) is 46.0 Å². The number of aliphatic carboxylic acids is 1. The summed E-state index contributed by atoms with van der Waals surface area (Å²) >= 11 is 0. The summed E-state index contributed by atoms with van der Waals surface area (Å²) in [5, 5.41) is 20.5. The third kappa shape index (κ3) is 3.84. The van der Waals surface area contributed by atoms with Crippen molar-refractivity contribution in [2.45, 2.75) is 0 Å². The van der Waals surface area contributed by atoms with Crippen molar-refractivity contribution < 1.29 is 28.4 Å². The second-order valence-electron chi connectivity index (χ2n) is 3.20. The number of nitro groups is 1. The zero-order valence-electron chi connectivity index (χ0n) is 9.09. The molecule has 9 heteroatoms. The van der Waals surface area contributed by atoms with Crippen LogP contribution in [0.5, 0.6) is 0 Å². The summed E-state index contributed by atoms with van der Waals surface area (Å²) in [5.74, 6) is -5.04. The van der Waals surface area contributed by atoms with Crippen molar-refractivity contribution in [3.63, 3.8) is 0 Å². The molecule has 0 radical (unpaired) electrons. The van der Waals surface area contributed by atoms with Crippen LogP contribution in [0.4, 0.5) is 20.2 Å². The Bertz CT molecular complexity index is 586. The average Bonchev–Trinajstić information content (AvgIpc) is 2.29. The quantitative estimate of drug-likeness (QED) is 0.489. The maximum Gasteiger partial charge on any atom is 0.328 e. The van der Waals surface area contributed by atoms with Crippen LogP contribution in [0.1, 0.15) is 0 Å². The number of carbonyl (C=O) groups is 2. The van der Waals surface area contributed by atoms with Crippen LogP contribution in [0.2, 0.25) is 0 Å². The molecule has 1 aromatic rings. The molecule has 1 aromatic carbocycles. The van der Waals surface area contributed by atoms with Crippen molar-refractivity contribution in [3.8, 4) is 0 Å². The van der Waals surface area contributed by atoms with E-state index in [0.717, 1.165) is 0 Å². The van der Waals surface area contributed by atoms with Crippen molar-refractivity contribution in [1.29, 1.82) is 0 Å². The van der Waals surface area contributed by atoms with E-state index in [0.29, 0.717) is 18.2 Å². The van der Waals surface area contributed by atoms with Crippen molar-refractivity contribution >= 4 is 23.3 Å². The summed E-state index contributed by atoms with van der Waals surface area (Å²) in [7, 11) is 0. The molecule has 1 rings (SSSR count). The standard InChI is InChI=1S/C10H6F2N2O5/c11-5-3-6(12)8(14(18)19)4-7(5)13-9(15)1-2-10(16)17/h1-4H,(H,13,15)(H,16,17)/b2-1+. The minimum atomic E-state index is -1.40. The molecule has 1 amide bonds. The van der Waals surface area contributed by atoms with E-state index in [1.54, 1.807) is 0 Å². The van der Waals surface area contributed by atoms with Crippen LogP contribution < -0.4 is 5.32 Å². The zero-order chi connectivity index (χ0) is 14.6. The van der Waals surface area contributed by atoms with Crippen LogP contribution in [-0.4, -0.2) is 21.9 Å². The van der Waals surface area contributed by atoms with Crippen molar-refractivity contribution in [2.75, 3.05) is 5.32 Å². The zero-order valence-corrected chi connectivity index (χ0v) is 9.09. The highest BCUT2D eigenvalue weighted by Crippen LogP contribution is 2.24. The van der Waals surface area contributed by atoms with Crippen molar-refractivity contribution in [1.82, 2.24) is 0 Å². The lowest BCUT2D eigenvalue weighted by Gasteiger charge is -2.04. The molecule has 0 spiro atoms. The Balaban J connectivity index is 3.01. The van der Waals surface area contributed by atoms with E-state index in [2.05, 4.69) is 0 Å². The molecule has 0 aliphatic heterocycles. The number of halogens is 2. The van der Waals surface area contributed by atoms with Gasteiger partial charge < -0.3 is 10.4 Å². The first-order valence-corrected chi connectivity index (χ1v) is 4.66. The fourth-order valence-electron chi connectivity index (χ4n) is 1.09. The first kappa shape index (κ1) is 14.2. The van der Waals surface area contributed by atoms with E-state index >= 15 is 0 Å². The second kappa shape index (κ2) is 5.67. The Morgan fingerprint density at radius 2 is 1.89 bits per heavy atom. The van der Waals surface area contributed by atoms with Crippen LogP contribution in [0.15, 0.2) is 24.3 Å². The van der Waals surface area contributed by atoms with Crippen LogP contribution >= 0.6 is 0 Å². The van der Waals surface area contributed by atoms with Gasteiger partial charge in [0.25, 0.3) is 0 Å². The molecule has 7 nitrogen and oxygen atoms in total. The number of hydrogen-bond donors (Lipinski definition) is 2. The maximum absolute atomic E-state index is 13.2. The van der Waals surface area contributed by atoms with Gasteiger partial charge in [0.2, 0.25) is 11.7 Å². The van der Waals surface area contributed by atoms with Gasteiger partial charge in [-0.1, -0.05) is 0 Å². The first-order chi connectivity index (χ1) is 8.81. The SMILES string of the molecule is O=C(O)/C=C/C(=O)Nc1cc([N+](=O)[O-])c(F)cc1F. The Labute approximate surface area is 104 Å². The lowest BCUT2D eigenvalue weighted by molar-refractivity contribution is -0.387. The molecular weight excluding hydrogens is 266 g/mol. The van der Waals surface area contributed by atoms with Crippen LogP contribution in [0, 0.1) is 21.7 Å². The van der Waals surface area contributed by atoms with E-state index in [1.807, 2.05) is 5.32 Å². The topological polar surface area (TPSA) is 110 Å². The maximum atomic E-state index is 13.2. The molecule has 19 heavy (non-hydrogen) atoms. The molecule has 0 atom stereocenters. The minimum Gasteiger partial charge on any atom is -0.478 e. The molecular formula is C10H6F2N2O5. The molecule has 100 valence electrons. The summed E-state index contributed by atoms with van der Waals surface area (Å²) in [6, 6.07) is 0.742. The van der Waals surface area contributed by atoms with E-state index in [-0.39, 0.29) is 6.07 Å².